The molecular formula is C22H25N3O4. The van der Waals surface area contributed by atoms with E-state index in [1.54, 1.807) is 26.4 Å². The third kappa shape index (κ3) is 4.93. The molecule has 0 fully saturated rings. The molecule has 3 rings (SSSR count). The van der Waals surface area contributed by atoms with Crippen LogP contribution >= 0.6 is 0 Å². The first-order valence-electron chi connectivity index (χ1n) is 9.47. The highest BCUT2D eigenvalue weighted by atomic mass is 16.5. The molecule has 0 saturated carbocycles. The predicted molar refractivity (Wildman–Crippen MR) is 110 cm³/mol. The van der Waals surface area contributed by atoms with Gasteiger partial charge in [-0.05, 0) is 41.8 Å². The summed E-state index contributed by atoms with van der Waals surface area (Å²) in [6, 6.07) is 13.0. The van der Waals surface area contributed by atoms with E-state index in [0.29, 0.717) is 36.4 Å². The van der Waals surface area contributed by atoms with Gasteiger partial charge >= 0.3 is 0 Å². The van der Waals surface area contributed by atoms with Crippen LogP contribution in [-0.2, 0) is 11.2 Å². The summed E-state index contributed by atoms with van der Waals surface area (Å²) in [6.07, 6.45) is 1.09. The van der Waals surface area contributed by atoms with E-state index in [1.807, 2.05) is 37.3 Å². The van der Waals surface area contributed by atoms with Gasteiger partial charge in [-0.25, -0.2) is 5.43 Å². The molecular weight excluding hydrogens is 370 g/mol. The number of carbonyl (C=O) groups excluding carboxylic acids is 2. The maximum atomic E-state index is 12.4. The number of rotatable bonds is 7. The van der Waals surface area contributed by atoms with E-state index in [-0.39, 0.29) is 17.7 Å². The highest BCUT2D eigenvalue weighted by Gasteiger charge is 2.21. The highest BCUT2D eigenvalue weighted by Crippen LogP contribution is 2.27. The molecule has 1 aliphatic rings. The van der Waals surface area contributed by atoms with Gasteiger partial charge < -0.3 is 14.8 Å². The van der Waals surface area contributed by atoms with Crippen molar-refractivity contribution in [1.29, 1.82) is 0 Å². The smallest absolute Gasteiger partial charge is 0.251 e. The Morgan fingerprint density at radius 1 is 1.14 bits per heavy atom. The van der Waals surface area contributed by atoms with Gasteiger partial charge in [0.05, 0.1) is 19.9 Å². The van der Waals surface area contributed by atoms with Crippen molar-refractivity contribution in [3.8, 4) is 11.5 Å². The number of methoxy groups -OCH3 is 2. The fourth-order valence-electron chi connectivity index (χ4n) is 3.25. The average Bonchev–Trinajstić information content (AvgIpc) is 2.73. The van der Waals surface area contributed by atoms with Crippen LogP contribution in [0.1, 0.15) is 34.8 Å². The van der Waals surface area contributed by atoms with E-state index in [4.69, 9.17) is 9.47 Å². The lowest BCUT2D eigenvalue weighted by Gasteiger charge is -2.19. The zero-order chi connectivity index (χ0) is 20.8. The summed E-state index contributed by atoms with van der Waals surface area (Å²) in [4.78, 5) is 23.8. The molecule has 29 heavy (non-hydrogen) atoms. The Balaban J connectivity index is 1.57. The molecule has 0 aromatic heterocycles. The van der Waals surface area contributed by atoms with Gasteiger partial charge in [0.15, 0.2) is 11.5 Å². The van der Waals surface area contributed by atoms with E-state index in [2.05, 4.69) is 15.8 Å². The van der Waals surface area contributed by atoms with Crippen LogP contribution in [0.5, 0.6) is 11.5 Å². The largest absolute Gasteiger partial charge is 0.493 e. The number of hydrogen-bond acceptors (Lipinski definition) is 5. The van der Waals surface area contributed by atoms with E-state index < -0.39 is 0 Å². The topological polar surface area (TPSA) is 89.0 Å². The minimum Gasteiger partial charge on any atom is -0.493 e. The van der Waals surface area contributed by atoms with Crippen LogP contribution in [0.4, 0.5) is 0 Å². The Morgan fingerprint density at radius 3 is 2.52 bits per heavy atom. The van der Waals surface area contributed by atoms with Crippen LogP contribution in [-0.4, -0.2) is 38.3 Å². The van der Waals surface area contributed by atoms with Gasteiger partial charge in [0.25, 0.3) is 5.91 Å². The molecule has 2 amide bonds. The van der Waals surface area contributed by atoms with E-state index in [9.17, 15) is 9.59 Å². The van der Waals surface area contributed by atoms with Crippen LogP contribution < -0.4 is 20.2 Å². The first-order chi connectivity index (χ1) is 14.0. The van der Waals surface area contributed by atoms with Crippen molar-refractivity contribution in [2.75, 3.05) is 20.8 Å². The minimum absolute atomic E-state index is 0.0462. The molecule has 2 aromatic carbocycles. The second-order valence-electron chi connectivity index (χ2n) is 6.91. The van der Waals surface area contributed by atoms with Gasteiger partial charge in [-0.3, -0.25) is 9.59 Å². The van der Waals surface area contributed by atoms with Crippen molar-refractivity contribution < 1.29 is 19.1 Å². The molecule has 2 N–H and O–H groups in total. The normalized spacial score (nSPS) is 15.9. The number of hydrazone groups is 1. The lowest BCUT2D eigenvalue weighted by Crippen LogP contribution is -2.32. The number of amides is 2. The molecule has 0 radical (unpaired) electrons. The number of nitrogens with one attached hydrogen (secondary N) is 2. The van der Waals surface area contributed by atoms with E-state index in [0.717, 1.165) is 16.8 Å². The summed E-state index contributed by atoms with van der Waals surface area (Å²) in [7, 11) is 3.20. The monoisotopic (exact) mass is 395 g/mol. The third-order valence-corrected chi connectivity index (χ3v) is 4.85. The Morgan fingerprint density at radius 2 is 1.86 bits per heavy atom. The van der Waals surface area contributed by atoms with Gasteiger partial charge in [0.2, 0.25) is 5.91 Å². The van der Waals surface area contributed by atoms with Crippen LogP contribution in [0, 0.1) is 5.92 Å². The Kier molecular flexibility index (Phi) is 6.49. The minimum atomic E-state index is -0.135. The van der Waals surface area contributed by atoms with Crippen molar-refractivity contribution in [2.45, 2.75) is 19.8 Å². The number of nitrogens with zero attached hydrogens (tertiary/aromatic N) is 1. The Labute approximate surface area is 170 Å². The fourth-order valence-corrected chi connectivity index (χ4v) is 3.25. The zero-order valence-electron chi connectivity index (χ0n) is 16.8. The number of hydrogen-bond donors (Lipinski definition) is 2. The molecule has 2 aromatic rings. The maximum Gasteiger partial charge on any atom is 0.251 e. The van der Waals surface area contributed by atoms with Gasteiger partial charge in [-0.2, -0.15) is 5.10 Å². The molecule has 152 valence electrons. The van der Waals surface area contributed by atoms with E-state index >= 15 is 0 Å². The third-order valence-electron chi connectivity index (χ3n) is 4.85. The predicted octanol–water partition coefficient (Wildman–Crippen LogP) is 2.54. The molecule has 0 saturated heterocycles. The maximum absolute atomic E-state index is 12.4. The van der Waals surface area contributed by atoms with Gasteiger partial charge in [0, 0.05) is 24.4 Å². The summed E-state index contributed by atoms with van der Waals surface area (Å²) in [5.41, 5.74) is 5.86. The lowest BCUT2D eigenvalue weighted by atomic mass is 9.93. The van der Waals surface area contributed by atoms with Crippen LogP contribution in [0.15, 0.2) is 47.6 Å². The first kappa shape index (κ1) is 20.4. The summed E-state index contributed by atoms with van der Waals surface area (Å²) in [6.45, 7) is 2.47. The van der Waals surface area contributed by atoms with Crippen molar-refractivity contribution in [1.82, 2.24) is 10.7 Å². The standard InChI is InChI=1S/C22H25N3O4/c1-14-12-20(26)24-25-21(14)16-5-7-17(8-6-16)22(27)23-11-10-15-4-9-18(28-2)19(13-15)29-3/h4-9,13-14H,10-12H2,1-3H3,(H,23,27)(H,24,26). The van der Waals surface area contributed by atoms with Crippen molar-refractivity contribution in [2.24, 2.45) is 11.0 Å². The van der Waals surface area contributed by atoms with Gasteiger partial charge in [-0.15, -0.1) is 0 Å². The van der Waals surface area contributed by atoms with Crippen molar-refractivity contribution in [3.05, 3.63) is 59.2 Å². The van der Waals surface area contributed by atoms with E-state index in [1.165, 1.54) is 0 Å². The van der Waals surface area contributed by atoms with Gasteiger partial charge in [0.1, 0.15) is 0 Å². The average molecular weight is 395 g/mol. The quantitative estimate of drug-likeness (QED) is 0.754. The SMILES string of the molecule is COc1ccc(CCNC(=O)c2ccc(C3=NNC(=O)CC3C)cc2)cc1OC. The second kappa shape index (κ2) is 9.23. The Bertz CT molecular complexity index is 922. The molecule has 1 heterocycles. The molecule has 7 nitrogen and oxygen atoms in total. The summed E-state index contributed by atoms with van der Waals surface area (Å²) in [5, 5.41) is 7.07. The molecule has 0 aliphatic carbocycles. The number of carbonyl (C=O) groups is 2. The molecule has 1 aliphatic heterocycles. The second-order valence-corrected chi connectivity index (χ2v) is 6.91. The first-order valence-corrected chi connectivity index (χ1v) is 9.47. The molecule has 0 spiro atoms. The fraction of sp³-hybridized carbons (Fsp3) is 0.318. The molecule has 7 heteroatoms. The van der Waals surface area contributed by atoms with Crippen LogP contribution in [0.25, 0.3) is 0 Å². The van der Waals surface area contributed by atoms with Crippen LogP contribution in [0.2, 0.25) is 0 Å². The zero-order valence-corrected chi connectivity index (χ0v) is 16.8. The Hall–Kier alpha value is -3.35. The molecule has 0 bridgehead atoms. The summed E-state index contributed by atoms with van der Waals surface area (Å²) in [5.74, 6) is 1.18. The summed E-state index contributed by atoms with van der Waals surface area (Å²) >= 11 is 0. The number of benzene rings is 2. The van der Waals surface area contributed by atoms with Crippen molar-refractivity contribution in [3.63, 3.8) is 0 Å². The van der Waals surface area contributed by atoms with Gasteiger partial charge in [-0.1, -0.05) is 25.1 Å². The van der Waals surface area contributed by atoms with Crippen molar-refractivity contribution >= 4 is 17.5 Å². The molecule has 1 unspecified atom stereocenters. The molecule has 1 atom stereocenters. The highest BCUT2D eigenvalue weighted by molar-refractivity contribution is 6.06. The number of ether oxygens (including phenoxy) is 2. The summed E-state index contributed by atoms with van der Waals surface area (Å²) < 4.78 is 10.5. The van der Waals surface area contributed by atoms with Crippen LogP contribution in [0.3, 0.4) is 0 Å². The lowest BCUT2D eigenvalue weighted by molar-refractivity contribution is -0.121.